The van der Waals surface area contributed by atoms with Crippen LogP contribution in [0.4, 0.5) is 0 Å². The Morgan fingerprint density at radius 3 is 2.38 bits per heavy atom. The molecule has 3 aromatic rings. The number of ether oxygens (including phenoxy) is 2. The molecule has 4 rings (SSSR count). The van der Waals surface area contributed by atoms with E-state index in [0.717, 1.165) is 34.5 Å². The van der Waals surface area contributed by atoms with Crippen LogP contribution in [0.3, 0.4) is 0 Å². The lowest BCUT2D eigenvalue weighted by Gasteiger charge is -2.30. The predicted octanol–water partition coefficient (Wildman–Crippen LogP) is 4.97. The van der Waals surface area contributed by atoms with Gasteiger partial charge in [-0.15, -0.1) is 0 Å². The second-order valence-electron chi connectivity index (χ2n) is 9.00. The number of benzene rings is 2. The maximum Gasteiger partial charge on any atom is 0.337 e. The van der Waals surface area contributed by atoms with Gasteiger partial charge >= 0.3 is 11.9 Å². The van der Waals surface area contributed by atoms with E-state index in [9.17, 15) is 9.59 Å². The molecule has 1 aliphatic heterocycles. The van der Waals surface area contributed by atoms with Gasteiger partial charge in [-0.25, -0.2) is 14.6 Å². The smallest absolute Gasteiger partial charge is 0.337 e. The Kier molecular flexibility index (Phi) is 8.03. The molecule has 1 aliphatic rings. The van der Waals surface area contributed by atoms with Crippen LogP contribution in [-0.4, -0.2) is 35.6 Å². The minimum absolute atomic E-state index is 0.0978. The Bertz CT molecular complexity index is 1370. The second-order valence-corrected chi connectivity index (χ2v) is 9.00. The van der Waals surface area contributed by atoms with E-state index in [1.807, 2.05) is 81.6 Å². The zero-order valence-electron chi connectivity index (χ0n) is 21.5. The van der Waals surface area contributed by atoms with Gasteiger partial charge in [0.1, 0.15) is 12.4 Å². The van der Waals surface area contributed by atoms with Crippen molar-refractivity contribution in [2.45, 2.75) is 33.1 Å². The van der Waals surface area contributed by atoms with Crippen LogP contribution in [0.15, 0.2) is 89.5 Å². The maximum absolute atomic E-state index is 13.3. The Morgan fingerprint density at radius 1 is 1.00 bits per heavy atom. The van der Waals surface area contributed by atoms with Crippen molar-refractivity contribution >= 4 is 18.0 Å². The van der Waals surface area contributed by atoms with Crippen molar-refractivity contribution in [3.05, 3.63) is 118 Å². The zero-order valence-corrected chi connectivity index (χ0v) is 21.5. The number of aromatic amines is 1. The topological polar surface area (TPSA) is 93.3 Å². The molecule has 7 nitrogen and oxygen atoms in total. The highest BCUT2D eigenvalue weighted by Crippen LogP contribution is 2.39. The molecule has 2 heterocycles. The minimum atomic E-state index is -0.591. The van der Waals surface area contributed by atoms with E-state index in [0.29, 0.717) is 22.5 Å². The molecule has 0 saturated heterocycles. The molecule has 1 aromatic heterocycles. The van der Waals surface area contributed by atoms with Gasteiger partial charge in [-0.2, -0.15) is 0 Å². The standard InChI is InChI=1S/C30H31N3O4/c1-19-7-5-9-24(17-19)28-26(29(34)36-4)20(2)33-21(3)27(28)30(35)37-16-6-8-22-10-12-23(13-11-22)18-25-31-14-15-32-25/h5-15,17,28,33H,16,18H2,1-4H3,(H,31,32). The Balaban J connectivity index is 1.47. The molecule has 7 heteroatoms. The number of rotatable bonds is 8. The number of nitrogens with zero attached hydrogens (tertiary/aromatic N) is 1. The summed E-state index contributed by atoms with van der Waals surface area (Å²) in [5.41, 5.74) is 6.11. The maximum atomic E-state index is 13.3. The van der Waals surface area contributed by atoms with Crippen molar-refractivity contribution in [1.29, 1.82) is 0 Å². The Morgan fingerprint density at radius 2 is 1.73 bits per heavy atom. The lowest BCUT2D eigenvalue weighted by atomic mass is 9.80. The number of nitrogens with one attached hydrogen (secondary N) is 2. The first-order valence-electron chi connectivity index (χ1n) is 12.1. The Labute approximate surface area is 216 Å². The fourth-order valence-corrected chi connectivity index (χ4v) is 4.55. The van der Waals surface area contributed by atoms with Gasteiger partial charge < -0.3 is 19.8 Å². The number of carbonyl (C=O) groups is 2. The summed E-state index contributed by atoms with van der Waals surface area (Å²) in [6.45, 7) is 5.70. The molecule has 1 unspecified atom stereocenters. The lowest BCUT2D eigenvalue weighted by Crippen LogP contribution is -2.32. The van der Waals surface area contributed by atoms with Crippen molar-refractivity contribution < 1.29 is 19.1 Å². The first kappa shape index (κ1) is 25.7. The summed E-state index contributed by atoms with van der Waals surface area (Å²) in [7, 11) is 1.34. The van der Waals surface area contributed by atoms with Crippen LogP contribution >= 0.6 is 0 Å². The number of allylic oxidation sites excluding steroid dienone is 2. The number of aryl methyl sites for hydroxylation is 1. The van der Waals surface area contributed by atoms with Gasteiger partial charge in [0.2, 0.25) is 0 Å². The van der Waals surface area contributed by atoms with Gasteiger partial charge in [0.25, 0.3) is 0 Å². The fraction of sp³-hybridized carbons (Fsp3) is 0.233. The van der Waals surface area contributed by atoms with E-state index in [-0.39, 0.29) is 6.61 Å². The number of aromatic nitrogens is 2. The molecule has 2 N–H and O–H groups in total. The van der Waals surface area contributed by atoms with Crippen molar-refractivity contribution in [2.75, 3.05) is 13.7 Å². The van der Waals surface area contributed by atoms with Crippen molar-refractivity contribution in [3.63, 3.8) is 0 Å². The predicted molar refractivity (Wildman–Crippen MR) is 142 cm³/mol. The summed E-state index contributed by atoms with van der Waals surface area (Å²) in [6, 6.07) is 15.9. The number of esters is 2. The third kappa shape index (κ3) is 6.06. The summed E-state index contributed by atoms with van der Waals surface area (Å²) >= 11 is 0. The van der Waals surface area contributed by atoms with Crippen molar-refractivity contribution in [3.8, 4) is 0 Å². The molecule has 0 radical (unpaired) electrons. The minimum Gasteiger partial charge on any atom is -0.466 e. The molecule has 1 atom stereocenters. The van der Waals surface area contributed by atoms with Gasteiger partial charge in [-0.1, -0.05) is 60.2 Å². The SMILES string of the molecule is COC(=O)C1=C(C)NC(C)=C(C(=O)OCC=Cc2ccc(Cc3ncc[nH]3)cc2)C1c1cccc(C)c1. The highest BCUT2D eigenvalue weighted by Gasteiger charge is 2.37. The molecular formula is C30H31N3O4. The summed E-state index contributed by atoms with van der Waals surface area (Å²) in [5.74, 6) is -0.637. The molecule has 0 bridgehead atoms. The van der Waals surface area contributed by atoms with Gasteiger partial charge in [0, 0.05) is 30.2 Å². The molecule has 0 amide bonds. The van der Waals surface area contributed by atoms with E-state index in [1.54, 1.807) is 12.3 Å². The lowest BCUT2D eigenvalue weighted by molar-refractivity contribution is -0.138. The molecule has 0 saturated carbocycles. The number of dihydropyridines is 1. The number of hydrogen-bond donors (Lipinski definition) is 2. The van der Waals surface area contributed by atoms with Crippen LogP contribution in [0.1, 0.15) is 47.8 Å². The van der Waals surface area contributed by atoms with E-state index in [2.05, 4.69) is 15.3 Å². The third-order valence-electron chi connectivity index (χ3n) is 6.29. The number of methoxy groups -OCH3 is 1. The summed E-state index contributed by atoms with van der Waals surface area (Å²) < 4.78 is 10.7. The second kappa shape index (κ2) is 11.6. The highest BCUT2D eigenvalue weighted by atomic mass is 16.5. The van der Waals surface area contributed by atoms with Crippen molar-refractivity contribution in [1.82, 2.24) is 15.3 Å². The van der Waals surface area contributed by atoms with Crippen LogP contribution in [-0.2, 0) is 25.5 Å². The Hall–Kier alpha value is -4.39. The fourth-order valence-electron chi connectivity index (χ4n) is 4.55. The number of H-pyrrole nitrogens is 1. The van der Waals surface area contributed by atoms with Crippen LogP contribution < -0.4 is 5.32 Å². The van der Waals surface area contributed by atoms with E-state index in [1.165, 1.54) is 7.11 Å². The molecule has 190 valence electrons. The van der Waals surface area contributed by atoms with Crippen LogP contribution in [0.25, 0.3) is 6.08 Å². The van der Waals surface area contributed by atoms with Crippen molar-refractivity contribution in [2.24, 2.45) is 0 Å². The summed E-state index contributed by atoms with van der Waals surface area (Å²) in [4.78, 5) is 33.4. The molecular weight excluding hydrogens is 466 g/mol. The first-order chi connectivity index (χ1) is 17.9. The molecule has 0 aliphatic carbocycles. The molecule has 0 fully saturated rings. The van der Waals surface area contributed by atoms with E-state index >= 15 is 0 Å². The van der Waals surface area contributed by atoms with Crippen LogP contribution in [0.5, 0.6) is 0 Å². The molecule has 0 spiro atoms. The first-order valence-corrected chi connectivity index (χ1v) is 12.1. The van der Waals surface area contributed by atoms with Crippen LogP contribution in [0.2, 0.25) is 0 Å². The van der Waals surface area contributed by atoms with Crippen LogP contribution in [0, 0.1) is 6.92 Å². The largest absolute Gasteiger partial charge is 0.466 e. The average molecular weight is 498 g/mol. The molecule has 37 heavy (non-hydrogen) atoms. The van der Waals surface area contributed by atoms with E-state index in [4.69, 9.17) is 9.47 Å². The van der Waals surface area contributed by atoms with Gasteiger partial charge in [-0.05, 0) is 43.5 Å². The quantitative estimate of drug-likeness (QED) is 0.427. The van der Waals surface area contributed by atoms with Gasteiger partial charge in [0.15, 0.2) is 0 Å². The highest BCUT2D eigenvalue weighted by molar-refractivity contribution is 5.99. The summed E-state index contributed by atoms with van der Waals surface area (Å²) in [6.07, 6.45) is 8.00. The number of carbonyl (C=O) groups excluding carboxylic acids is 2. The number of hydrogen-bond acceptors (Lipinski definition) is 6. The molecule has 2 aromatic carbocycles. The summed E-state index contributed by atoms with van der Waals surface area (Å²) in [5, 5.41) is 3.16. The number of imidazole rings is 1. The van der Waals surface area contributed by atoms with E-state index < -0.39 is 17.9 Å². The third-order valence-corrected chi connectivity index (χ3v) is 6.29. The monoisotopic (exact) mass is 497 g/mol. The zero-order chi connectivity index (χ0) is 26.4. The van der Waals surface area contributed by atoms with Gasteiger partial charge in [0.05, 0.1) is 24.2 Å². The van der Waals surface area contributed by atoms with Gasteiger partial charge in [-0.3, -0.25) is 0 Å². The normalized spacial score (nSPS) is 15.6. The average Bonchev–Trinajstić information content (AvgIpc) is 3.39.